The van der Waals surface area contributed by atoms with E-state index in [9.17, 15) is 0 Å². The maximum absolute atomic E-state index is 5.99. The Balaban J connectivity index is 2.08. The van der Waals surface area contributed by atoms with Gasteiger partial charge in [-0.15, -0.1) is 0 Å². The van der Waals surface area contributed by atoms with Gasteiger partial charge in [0.1, 0.15) is 12.4 Å². The summed E-state index contributed by atoms with van der Waals surface area (Å²) in [6, 6.07) is 13.1. The van der Waals surface area contributed by atoms with Crippen LogP contribution in [0, 0.1) is 0 Å². The molecular weight excluding hydrogens is 302 g/mol. The van der Waals surface area contributed by atoms with Crippen LogP contribution in [-0.4, -0.2) is 0 Å². The van der Waals surface area contributed by atoms with Gasteiger partial charge in [0.05, 0.1) is 5.02 Å². The third kappa shape index (κ3) is 3.14. The molecule has 0 saturated carbocycles. The third-order valence-electron chi connectivity index (χ3n) is 2.29. The lowest BCUT2D eigenvalue weighted by atomic mass is 10.2. The van der Waals surface area contributed by atoms with Crippen molar-refractivity contribution in [2.45, 2.75) is 6.61 Å². The highest BCUT2D eigenvalue weighted by Gasteiger charge is 2.02. The molecule has 0 aliphatic carbocycles. The van der Waals surface area contributed by atoms with Gasteiger partial charge in [-0.25, -0.2) is 0 Å². The van der Waals surface area contributed by atoms with Crippen molar-refractivity contribution in [1.82, 2.24) is 0 Å². The van der Waals surface area contributed by atoms with E-state index >= 15 is 0 Å². The van der Waals surface area contributed by atoms with Gasteiger partial charge in [-0.05, 0) is 45.8 Å². The number of para-hydroxylation sites is 1. The Morgan fingerprint density at radius 1 is 1.18 bits per heavy atom. The van der Waals surface area contributed by atoms with E-state index in [0.29, 0.717) is 23.1 Å². The van der Waals surface area contributed by atoms with Crippen molar-refractivity contribution < 1.29 is 4.74 Å². The monoisotopic (exact) mass is 311 g/mol. The van der Waals surface area contributed by atoms with Crippen molar-refractivity contribution >= 4 is 33.2 Å². The van der Waals surface area contributed by atoms with E-state index in [1.807, 2.05) is 36.4 Å². The molecule has 0 saturated heterocycles. The van der Waals surface area contributed by atoms with Gasteiger partial charge in [0.25, 0.3) is 0 Å². The van der Waals surface area contributed by atoms with E-state index < -0.39 is 0 Å². The third-order valence-corrected chi connectivity index (χ3v) is 3.33. The summed E-state index contributed by atoms with van der Waals surface area (Å²) >= 11 is 9.34. The van der Waals surface area contributed by atoms with Crippen LogP contribution in [0.15, 0.2) is 46.9 Å². The second-order valence-electron chi connectivity index (χ2n) is 3.57. The molecule has 2 rings (SSSR count). The Kier molecular flexibility index (Phi) is 3.92. The molecule has 0 amide bonds. The summed E-state index contributed by atoms with van der Waals surface area (Å²) in [5.41, 5.74) is 7.50. The second kappa shape index (κ2) is 5.43. The molecule has 0 radical (unpaired) electrons. The largest absolute Gasteiger partial charge is 0.487 e. The van der Waals surface area contributed by atoms with Crippen LogP contribution in [0.3, 0.4) is 0 Å². The molecule has 88 valence electrons. The van der Waals surface area contributed by atoms with Crippen LogP contribution < -0.4 is 10.5 Å². The zero-order chi connectivity index (χ0) is 12.3. The van der Waals surface area contributed by atoms with Crippen molar-refractivity contribution in [3.05, 3.63) is 57.5 Å². The fraction of sp³-hybridized carbons (Fsp3) is 0.0769. The minimum atomic E-state index is 0.446. The Bertz CT molecular complexity index is 531. The van der Waals surface area contributed by atoms with Crippen LogP contribution in [0.4, 0.5) is 5.69 Å². The van der Waals surface area contributed by atoms with E-state index in [1.165, 1.54) is 0 Å². The molecule has 0 unspecified atom stereocenters. The first-order valence-corrected chi connectivity index (χ1v) is 6.25. The number of hydrogen-bond acceptors (Lipinski definition) is 2. The Hall–Kier alpha value is -1.19. The van der Waals surface area contributed by atoms with Gasteiger partial charge in [0.2, 0.25) is 0 Å². The lowest BCUT2D eigenvalue weighted by Crippen LogP contribution is -1.97. The maximum atomic E-state index is 5.99. The van der Waals surface area contributed by atoms with Gasteiger partial charge in [0, 0.05) is 10.2 Å². The molecule has 2 N–H and O–H groups in total. The molecule has 0 aromatic heterocycles. The van der Waals surface area contributed by atoms with Crippen molar-refractivity contribution in [3.63, 3.8) is 0 Å². The molecule has 0 aliphatic heterocycles. The Morgan fingerprint density at radius 2 is 1.94 bits per heavy atom. The van der Waals surface area contributed by atoms with E-state index in [-0.39, 0.29) is 0 Å². The molecule has 0 heterocycles. The summed E-state index contributed by atoms with van der Waals surface area (Å²) in [5, 5.41) is 0.609. The van der Waals surface area contributed by atoms with E-state index in [1.54, 1.807) is 6.07 Å². The number of nitrogen functional groups attached to an aromatic ring is 1. The summed E-state index contributed by atoms with van der Waals surface area (Å²) in [6.45, 7) is 0.446. The minimum Gasteiger partial charge on any atom is -0.487 e. The SMILES string of the molecule is Nc1cc(COc2ccccc2Cl)ccc1Br. The normalized spacial score (nSPS) is 10.2. The number of ether oxygens (including phenoxy) is 1. The summed E-state index contributed by atoms with van der Waals surface area (Å²) in [5.74, 6) is 0.677. The summed E-state index contributed by atoms with van der Waals surface area (Å²) in [4.78, 5) is 0. The number of nitrogens with two attached hydrogens (primary N) is 1. The van der Waals surface area contributed by atoms with Crippen LogP contribution >= 0.6 is 27.5 Å². The summed E-state index contributed by atoms with van der Waals surface area (Å²) in [6.07, 6.45) is 0. The smallest absolute Gasteiger partial charge is 0.138 e. The number of hydrogen-bond donors (Lipinski definition) is 1. The number of halogens is 2. The number of benzene rings is 2. The van der Waals surface area contributed by atoms with E-state index in [4.69, 9.17) is 22.1 Å². The molecule has 2 aromatic rings. The topological polar surface area (TPSA) is 35.2 Å². The van der Waals surface area contributed by atoms with Gasteiger partial charge in [0.15, 0.2) is 0 Å². The quantitative estimate of drug-likeness (QED) is 0.859. The first-order valence-electron chi connectivity index (χ1n) is 5.08. The lowest BCUT2D eigenvalue weighted by Gasteiger charge is -2.08. The average molecular weight is 313 g/mol. The first-order chi connectivity index (χ1) is 8.16. The molecule has 0 aliphatic rings. The van der Waals surface area contributed by atoms with Crippen LogP contribution in [0.5, 0.6) is 5.75 Å². The van der Waals surface area contributed by atoms with Crippen molar-refractivity contribution in [2.24, 2.45) is 0 Å². The molecule has 0 spiro atoms. The fourth-order valence-corrected chi connectivity index (χ4v) is 1.84. The number of rotatable bonds is 3. The molecule has 2 nitrogen and oxygen atoms in total. The van der Waals surface area contributed by atoms with Crippen LogP contribution in [0.1, 0.15) is 5.56 Å². The highest BCUT2D eigenvalue weighted by Crippen LogP contribution is 2.25. The first kappa shape index (κ1) is 12.3. The molecule has 2 aromatic carbocycles. The van der Waals surface area contributed by atoms with Crippen LogP contribution in [0.25, 0.3) is 0 Å². The highest BCUT2D eigenvalue weighted by molar-refractivity contribution is 9.10. The summed E-state index contributed by atoms with van der Waals surface area (Å²) in [7, 11) is 0. The molecule has 0 fully saturated rings. The van der Waals surface area contributed by atoms with Crippen molar-refractivity contribution in [3.8, 4) is 5.75 Å². The van der Waals surface area contributed by atoms with Crippen molar-refractivity contribution in [2.75, 3.05) is 5.73 Å². The van der Waals surface area contributed by atoms with Crippen molar-refractivity contribution in [1.29, 1.82) is 0 Å². The molecule has 0 bridgehead atoms. The Labute approximate surface area is 113 Å². The summed E-state index contributed by atoms with van der Waals surface area (Å²) < 4.78 is 6.50. The minimum absolute atomic E-state index is 0.446. The molecule has 4 heteroatoms. The highest BCUT2D eigenvalue weighted by atomic mass is 79.9. The van der Waals surface area contributed by atoms with Gasteiger partial charge < -0.3 is 10.5 Å². The van der Waals surface area contributed by atoms with E-state index in [2.05, 4.69) is 15.9 Å². The van der Waals surface area contributed by atoms with Gasteiger partial charge >= 0.3 is 0 Å². The van der Waals surface area contributed by atoms with E-state index in [0.717, 1.165) is 10.0 Å². The zero-order valence-corrected chi connectivity index (χ0v) is 11.3. The fourth-order valence-electron chi connectivity index (χ4n) is 1.41. The molecule has 0 atom stereocenters. The second-order valence-corrected chi connectivity index (χ2v) is 4.84. The molecule has 17 heavy (non-hydrogen) atoms. The number of anilines is 1. The predicted octanol–water partition coefficient (Wildman–Crippen LogP) is 4.26. The average Bonchev–Trinajstić information content (AvgIpc) is 2.32. The lowest BCUT2D eigenvalue weighted by molar-refractivity contribution is 0.306. The standard InChI is InChI=1S/C13H11BrClNO/c14-10-6-5-9(7-12(10)16)8-17-13-4-2-1-3-11(13)15/h1-7H,8,16H2. The maximum Gasteiger partial charge on any atom is 0.138 e. The van der Waals surface area contributed by atoms with Gasteiger partial charge in [-0.3, -0.25) is 0 Å². The zero-order valence-electron chi connectivity index (χ0n) is 8.99. The Morgan fingerprint density at radius 3 is 2.65 bits per heavy atom. The van der Waals surface area contributed by atoms with Gasteiger partial charge in [-0.2, -0.15) is 0 Å². The van der Waals surface area contributed by atoms with Crippen LogP contribution in [-0.2, 0) is 6.61 Å². The predicted molar refractivity (Wildman–Crippen MR) is 74.3 cm³/mol. The molecular formula is C13H11BrClNO. The van der Waals surface area contributed by atoms with Gasteiger partial charge in [-0.1, -0.05) is 29.8 Å². The van der Waals surface area contributed by atoms with Crippen LogP contribution in [0.2, 0.25) is 5.02 Å².